The molecule has 2 N–H and O–H groups in total. The van der Waals surface area contributed by atoms with Crippen LogP contribution in [0.3, 0.4) is 0 Å². The van der Waals surface area contributed by atoms with Gasteiger partial charge in [0, 0.05) is 0 Å². The lowest BCUT2D eigenvalue weighted by molar-refractivity contribution is 0.129. The summed E-state index contributed by atoms with van der Waals surface area (Å²) in [6.45, 7) is 0.175. The Morgan fingerprint density at radius 3 is 2.78 bits per heavy atom. The van der Waals surface area contributed by atoms with Gasteiger partial charge in [-0.05, 0) is 24.0 Å². The third-order valence-corrected chi connectivity index (χ3v) is 3.07. The third kappa shape index (κ3) is 5.93. The van der Waals surface area contributed by atoms with Gasteiger partial charge < -0.3 is 15.2 Å². The van der Waals surface area contributed by atoms with Crippen molar-refractivity contribution in [2.24, 2.45) is 0 Å². The molecule has 0 heterocycles. The number of hydrogen-bond acceptors (Lipinski definition) is 4. The summed E-state index contributed by atoms with van der Waals surface area (Å²) in [5.74, 6) is 0.893. The largest absolute Gasteiger partial charge is 0.445 e. The van der Waals surface area contributed by atoms with Crippen molar-refractivity contribution in [3.8, 4) is 0 Å². The van der Waals surface area contributed by atoms with Crippen LogP contribution in [-0.4, -0.2) is 35.9 Å². The lowest BCUT2D eigenvalue weighted by Crippen LogP contribution is -2.38. The Bertz CT molecular complexity index is 345. The molecule has 0 saturated carbocycles. The number of aliphatic hydroxyl groups is 1. The Balaban J connectivity index is 2.28. The van der Waals surface area contributed by atoms with Gasteiger partial charge in [-0.25, -0.2) is 4.79 Å². The number of aliphatic hydroxyl groups excluding tert-OH is 1. The van der Waals surface area contributed by atoms with Crippen molar-refractivity contribution in [1.82, 2.24) is 5.32 Å². The van der Waals surface area contributed by atoms with Gasteiger partial charge in [0.15, 0.2) is 0 Å². The van der Waals surface area contributed by atoms with Gasteiger partial charge in [0.05, 0.1) is 12.6 Å². The predicted molar refractivity (Wildman–Crippen MR) is 73.6 cm³/mol. The number of ether oxygens (including phenoxy) is 1. The number of amides is 1. The summed E-state index contributed by atoms with van der Waals surface area (Å²) < 4.78 is 5.07. The predicted octanol–water partition coefficient (Wildman–Crippen LogP) is 2.03. The molecule has 0 fully saturated rings. The first-order valence-electron chi connectivity index (χ1n) is 5.83. The number of carbonyl (C=O) groups is 1. The molecule has 100 valence electrons. The second kappa shape index (κ2) is 8.83. The van der Waals surface area contributed by atoms with E-state index in [2.05, 4.69) is 5.32 Å². The van der Waals surface area contributed by atoms with Crippen LogP contribution in [0.25, 0.3) is 0 Å². The molecule has 0 aliphatic carbocycles. The van der Waals surface area contributed by atoms with E-state index in [1.165, 1.54) is 0 Å². The van der Waals surface area contributed by atoms with Crippen molar-refractivity contribution in [3.63, 3.8) is 0 Å². The standard InChI is InChI=1S/C13H19NO3S/c1-18-8-7-12(9-15)14-13(16)17-10-11-5-3-2-4-6-11/h2-6,12,15H,7-10H2,1H3,(H,14,16)/t12-/m0/s1. The number of hydrogen-bond donors (Lipinski definition) is 2. The number of benzene rings is 1. The van der Waals surface area contributed by atoms with Crippen molar-refractivity contribution in [2.75, 3.05) is 18.6 Å². The molecular formula is C13H19NO3S. The van der Waals surface area contributed by atoms with Gasteiger partial charge in [0.25, 0.3) is 0 Å². The molecule has 1 amide bonds. The van der Waals surface area contributed by atoms with Crippen LogP contribution in [0.15, 0.2) is 30.3 Å². The van der Waals surface area contributed by atoms with E-state index in [9.17, 15) is 4.79 Å². The van der Waals surface area contributed by atoms with Crippen LogP contribution < -0.4 is 5.32 Å². The maximum Gasteiger partial charge on any atom is 0.407 e. The van der Waals surface area contributed by atoms with Gasteiger partial charge in [-0.2, -0.15) is 11.8 Å². The average molecular weight is 269 g/mol. The highest BCUT2D eigenvalue weighted by Crippen LogP contribution is 2.03. The summed E-state index contributed by atoms with van der Waals surface area (Å²) in [5, 5.41) is 11.8. The molecule has 0 unspecified atom stereocenters. The van der Waals surface area contributed by atoms with Crippen molar-refractivity contribution in [3.05, 3.63) is 35.9 Å². The zero-order chi connectivity index (χ0) is 13.2. The highest BCUT2D eigenvalue weighted by atomic mass is 32.2. The number of rotatable bonds is 7. The molecule has 0 saturated heterocycles. The normalized spacial score (nSPS) is 11.9. The van der Waals surface area contributed by atoms with Crippen LogP contribution in [0.5, 0.6) is 0 Å². The van der Waals surface area contributed by atoms with Crippen LogP contribution in [0, 0.1) is 0 Å². The third-order valence-electron chi connectivity index (χ3n) is 2.43. The van der Waals surface area contributed by atoms with Crippen molar-refractivity contribution < 1.29 is 14.6 Å². The second-order valence-electron chi connectivity index (χ2n) is 3.87. The summed E-state index contributed by atoms with van der Waals surface area (Å²) in [5.41, 5.74) is 0.942. The zero-order valence-corrected chi connectivity index (χ0v) is 11.3. The Morgan fingerprint density at radius 1 is 1.44 bits per heavy atom. The molecule has 0 bridgehead atoms. The fourth-order valence-corrected chi connectivity index (χ4v) is 1.92. The monoisotopic (exact) mass is 269 g/mol. The van der Waals surface area contributed by atoms with Crippen LogP contribution in [-0.2, 0) is 11.3 Å². The van der Waals surface area contributed by atoms with Gasteiger partial charge in [0.1, 0.15) is 6.61 Å². The molecule has 18 heavy (non-hydrogen) atoms. The van der Waals surface area contributed by atoms with E-state index < -0.39 is 6.09 Å². The Hall–Kier alpha value is -1.20. The highest BCUT2D eigenvalue weighted by molar-refractivity contribution is 7.98. The molecule has 1 rings (SSSR count). The Labute approximate surface area is 112 Å². The average Bonchev–Trinajstić information content (AvgIpc) is 2.42. The van der Waals surface area contributed by atoms with E-state index in [1.807, 2.05) is 36.6 Å². The first kappa shape index (κ1) is 14.9. The molecule has 1 aromatic carbocycles. The maximum atomic E-state index is 11.5. The van der Waals surface area contributed by atoms with Gasteiger partial charge in [0.2, 0.25) is 0 Å². The Morgan fingerprint density at radius 2 is 2.17 bits per heavy atom. The first-order valence-corrected chi connectivity index (χ1v) is 7.22. The van der Waals surface area contributed by atoms with Crippen LogP contribution in [0.4, 0.5) is 4.79 Å². The van der Waals surface area contributed by atoms with Crippen molar-refractivity contribution >= 4 is 17.9 Å². The van der Waals surface area contributed by atoms with Crippen LogP contribution in [0.2, 0.25) is 0 Å². The summed E-state index contributed by atoms with van der Waals surface area (Å²) >= 11 is 1.68. The highest BCUT2D eigenvalue weighted by Gasteiger charge is 2.11. The SMILES string of the molecule is CSCC[C@@H](CO)NC(=O)OCc1ccccc1. The molecule has 0 spiro atoms. The van der Waals surface area contributed by atoms with E-state index in [-0.39, 0.29) is 19.3 Å². The lowest BCUT2D eigenvalue weighted by atomic mass is 10.2. The van der Waals surface area contributed by atoms with Crippen LogP contribution in [0.1, 0.15) is 12.0 Å². The lowest BCUT2D eigenvalue weighted by Gasteiger charge is -2.15. The van der Waals surface area contributed by atoms with Gasteiger partial charge in [-0.3, -0.25) is 0 Å². The molecule has 4 nitrogen and oxygen atoms in total. The maximum absolute atomic E-state index is 11.5. The number of thioether (sulfide) groups is 1. The fraction of sp³-hybridized carbons (Fsp3) is 0.462. The van der Waals surface area contributed by atoms with Crippen LogP contribution >= 0.6 is 11.8 Å². The fourth-order valence-electron chi connectivity index (χ4n) is 1.40. The van der Waals surface area contributed by atoms with Crippen molar-refractivity contribution in [2.45, 2.75) is 19.1 Å². The first-order chi connectivity index (χ1) is 8.76. The molecular weight excluding hydrogens is 250 g/mol. The van der Waals surface area contributed by atoms with Gasteiger partial charge in [-0.1, -0.05) is 30.3 Å². The summed E-state index contributed by atoms with van der Waals surface area (Å²) in [6, 6.07) is 9.25. The number of carbonyl (C=O) groups excluding carboxylic acids is 1. The van der Waals surface area contributed by atoms with E-state index in [0.717, 1.165) is 17.7 Å². The molecule has 0 aliphatic heterocycles. The zero-order valence-electron chi connectivity index (χ0n) is 10.5. The quantitative estimate of drug-likeness (QED) is 0.795. The second-order valence-corrected chi connectivity index (χ2v) is 4.85. The minimum Gasteiger partial charge on any atom is -0.445 e. The molecule has 0 aromatic heterocycles. The van der Waals surface area contributed by atoms with Gasteiger partial charge >= 0.3 is 6.09 Å². The number of nitrogens with one attached hydrogen (secondary N) is 1. The van der Waals surface area contributed by atoms with E-state index in [1.54, 1.807) is 11.8 Å². The summed E-state index contributed by atoms with van der Waals surface area (Å²) in [6.07, 6.45) is 2.24. The summed E-state index contributed by atoms with van der Waals surface area (Å²) in [7, 11) is 0. The van der Waals surface area contributed by atoms with Crippen molar-refractivity contribution in [1.29, 1.82) is 0 Å². The van der Waals surface area contributed by atoms with E-state index in [0.29, 0.717) is 0 Å². The molecule has 1 aromatic rings. The molecule has 1 atom stereocenters. The smallest absolute Gasteiger partial charge is 0.407 e. The molecule has 0 aliphatic rings. The molecule has 5 heteroatoms. The molecule has 0 radical (unpaired) electrons. The minimum absolute atomic E-state index is 0.0685. The minimum atomic E-state index is -0.487. The Kier molecular flexibility index (Phi) is 7.29. The van der Waals surface area contributed by atoms with E-state index >= 15 is 0 Å². The van der Waals surface area contributed by atoms with E-state index in [4.69, 9.17) is 9.84 Å². The topological polar surface area (TPSA) is 58.6 Å². The summed E-state index contributed by atoms with van der Waals surface area (Å²) in [4.78, 5) is 11.5. The van der Waals surface area contributed by atoms with Gasteiger partial charge in [-0.15, -0.1) is 0 Å². The number of alkyl carbamates (subject to hydrolysis) is 1.